The molecule has 21 heavy (non-hydrogen) atoms. The number of carbonyl (C=O) groups excluding carboxylic acids is 1. The summed E-state index contributed by atoms with van der Waals surface area (Å²) >= 11 is 1.25. The molecule has 3 aromatic rings. The van der Waals surface area contributed by atoms with E-state index in [1.165, 1.54) is 15.7 Å². The van der Waals surface area contributed by atoms with E-state index in [2.05, 4.69) is 10.3 Å². The molecule has 3 heterocycles. The van der Waals surface area contributed by atoms with Crippen molar-refractivity contribution in [3.8, 4) is 0 Å². The Kier molecular flexibility index (Phi) is 3.25. The van der Waals surface area contributed by atoms with Crippen molar-refractivity contribution in [3.05, 3.63) is 45.2 Å². The third-order valence-electron chi connectivity index (χ3n) is 3.17. The van der Waals surface area contributed by atoms with Gasteiger partial charge in [-0.25, -0.2) is 4.98 Å². The fraction of sp³-hybridized carbons (Fsp3) is 0.267. The van der Waals surface area contributed by atoms with Crippen molar-refractivity contribution in [3.63, 3.8) is 0 Å². The number of amides is 1. The largest absolute Gasteiger partial charge is 0.349 e. The summed E-state index contributed by atoms with van der Waals surface area (Å²) in [4.78, 5) is 30.2. The molecular weight excluding hydrogens is 286 g/mol. The molecule has 0 aromatic carbocycles. The Morgan fingerprint density at radius 1 is 1.43 bits per heavy atom. The van der Waals surface area contributed by atoms with E-state index >= 15 is 0 Å². The first kappa shape index (κ1) is 13.8. The maximum absolute atomic E-state index is 12.5. The third kappa shape index (κ3) is 2.31. The van der Waals surface area contributed by atoms with E-state index in [0.717, 1.165) is 5.56 Å². The Balaban J connectivity index is 2.24. The van der Waals surface area contributed by atoms with Crippen molar-refractivity contribution >= 4 is 33.1 Å². The summed E-state index contributed by atoms with van der Waals surface area (Å²) in [6.07, 6.45) is 1.70. The van der Waals surface area contributed by atoms with Crippen molar-refractivity contribution in [2.75, 3.05) is 0 Å². The smallest absolute Gasteiger partial charge is 0.266 e. The molecule has 0 saturated carbocycles. The number of rotatable bonds is 2. The van der Waals surface area contributed by atoms with Crippen LogP contribution < -0.4 is 10.9 Å². The lowest BCUT2D eigenvalue weighted by Crippen LogP contribution is -2.29. The number of thiophene rings is 1. The predicted octanol–water partition coefficient (Wildman–Crippen LogP) is 2.36. The van der Waals surface area contributed by atoms with Gasteiger partial charge in [0.1, 0.15) is 10.5 Å². The van der Waals surface area contributed by atoms with Gasteiger partial charge in [-0.15, -0.1) is 11.3 Å². The highest BCUT2D eigenvalue weighted by Gasteiger charge is 2.15. The molecular formula is C15H15N3O2S. The average Bonchev–Trinajstić information content (AvgIpc) is 2.84. The Bertz CT molecular complexity index is 908. The topological polar surface area (TPSA) is 63.5 Å². The summed E-state index contributed by atoms with van der Waals surface area (Å²) in [5, 5.41) is 3.31. The minimum absolute atomic E-state index is 0.0538. The highest BCUT2D eigenvalue weighted by Crippen LogP contribution is 2.22. The first-order valence-corrected chi connectivity index (χ1v) is 7.51. The van der Waals surface area contributed by atoms with Crippen molar-refractivity contribution in [1.29, 1.82) is 0 Å². The molecule has 0 spiro atoms. The standard InChI is InChI=1S/C15H15N3O2S/c1-8(2)16-13(19)11-7-10-14(21-11)17-12-9(3)5-4-6-18(12)15(10)20/h4-8H,1-3H3,(H,16,19). The molecule has 108 valence electrons. The van der Waals surface area contributed by atoms with Crippen LogP contribution in [-0.4, -0.2) is 21.3 Å². The Hall–Kier alpha value is -2.21. The molecule has 0 aliphatic rings. The second kappa shape index (κ2) is 4.96. The number of hydrogen-bond donors (Lipinski definition) is 1. The second-order valence-electron chi connectivity index (χ2n) is 5.26. The van der Waals surface area contributed by atoms with Crippen LogP contribution >= 0.6 is 11.3 Å². The molecule has 0 radical (unpaired) electrons. The molecule has 0 atom stereocenters. The summed E-state index contributed by atoms with van der Waals surface area (Å²) in [5.74, 6) is -0.168. The lowest BCUT2D eigenvalue weighted by Gasteiger charge is -2.05. The number of aromatic nitrogens is 2. The van der Waals surface area contributed by atoms with Crippen molar-refractivity contribution < 1.29 is 4.79 Å². The maximum atomic E-state index is 12.5. The minimum atomic E-state index is -0.168. The van der Waals surface area contributed by atoms with Gasteiger partial charge in [0, 0.05) is 12.2 Å². The number of fused-ring (bicyclic) bond motifs is 2. The van der Waals surface area contributed by atoms with Gasteiger partial charge >= 0.3 is 0 Å². The van der Waals surface area contributed by atoms with E-state index in [4.69, 9.17) is 0 Å². The van der Waals surface area contributed by atoms with E-state index in [1.807, 2.05) is 32.9 Å². The first-order valence-electron chi connectivity index (χ1n) is 6.70. The molecule has 3 aromatic heterocycles. The molecule has 0 unspecified atom stereocenters. The summed E-state index contributed by atoms with van der Waals surface area (Å²) in [6.45, 7) is 5.71. The molecule has 5 nitrogen and oxygen atoms in total. The number of carbonyl (C=O) groups is 1. The van der Waals surface area contributed by atoms with Crippen LogP contribution in [0.25, 0.3) is 15.9 Å². The SMILES string of the molecule is Cc1cccn2c(=O)c3cc(C(=O)NC(C)C)sc3nc12. The zero-order chi connectivity index (χ0) is 15.1. The van der Waals surface area contributed by atoms with Crippen LogP contribution in [0.15, 0.2) is 29.2 Å². The normalized spacial score (nSPS) is 11.4. The van der Waals surface area contributed by atoms with Crippen LogP contribution in [-0.2, 0) is 0 Å². The fourth-order valence-electron chi connectivity index (χ4n) is 2.20. The second-order valence-corrected chi connectivity index (χ2v) is 6.29. The van der Waals surface area contributed by atoms with E-state index in [0.29, 0.717) is 20.7 Å². The molecule has 0 bridgehead atoms. The number of nitrogens with zero attached hydrogens (tertiary/aromatic N) is 2. The van der Waals surface area contributed by atoms with Gasteiger partial charge in [0.2, 0.25) is 0 Å². The van der Waals surface area contributed by atoms with Gasteiger partial charge in [0.05, 0.1) is 10.3 Å². The highest BCUT2D eigenvalue weighted by molar-refractivity contribution is 7.20. The van der Waals surface area contributed by atoms with Gasteiger partial charge in [-0.2, -0.15) is 0 Å². The number of pyridine rings is 1. The quantitative estimate of drug-likeness (QED) is 0.790. The minimum Gasteiger partial charge on any atom is -0.349 e. The molecule has 1 amide bonds. The molecule has 1 N–H and O–H groups in total. The van der Waals surface area contributed by atoms with Gasteiger partial charge in [-0.1, -0.05) is 6.07 Å². The number of hydrogen-bond acceptors (Lipinski definition) is 4. The Morgan fingerprint density at radius 2 is 2.19 bits per heavy atom. The molecule has 0 aliphatic carbocycles. The monoisotopic (exact) mass is 301 g/mol. The lowest BCUT2D eigenvalue weighted by atomic mass is 10.3. The van der Waals surface area contributed by atoms with Crippen molar-refractivity contribution in [1.82, 2.24) is 14.7 Å². The van der Waals surface area contributed by atoms with E-state index in [9.17, 15) is 9.59 Å². The molecule has 6 heteroatoms. The number of aryl methyl sites for hydroxylation is 1. The predicted molar refractivity (Wildman–Crippen MR) is 84.2 cm³/mol. The van der Waals surface area contributed by atoms with Crippen LogP contribution in [0, 0.1) is 6.92 Å². The van der Waals surface area contributed by atoms with Crippen LogP contribution in [0.5, 0.6) is 0 Å². The summed E-state index contributed by atoms with van der Waals surface area (Å²) in [5.41, 5.74) is 1.42. The Morgan fingerprint density at radius 3 is 2.90 bits per heavy atom. The Labute approximate surface area is 125 Å². The number of nitrogens with one attached hydrogen (secondary N) is 1. The van der Waals surface area contributed by atoms with Gasteiger partial charge < -0.3 is 5.32 Å². The third-order valence-corrected chi connectivity index (χ3v) is 4.20. The van der Waals surface area contributed by atoms with Crippen molar-refractivity contribution in [2.24, 2.45) is 0 Å². The zero-order valence-electron chi connectivity index (χ0n) is 12.0. The first-order chi connectivity index (χ1) is 9.97. The van der Waals surface area contributed by atoms with Crippen LogP contribution in [0.3, 0.4) is 0 Å². The van der Waals surface area contributed by atoms with Gasteiger partial charge in [0.15, 0.2) is 0 Å². The van der Waals surface area contributed by atoms with E-state index in [1.54, 1.807) is 12.3 Å². The molecule has 3 rings (SSSR count). The van der Waals surface area contributed by atoms with Crippen LogP contribution in [0.2, 0.25) is 0 Å². The highest BCUT2D eigenvalue weighted by atomic mass is 32.1. The van der Waals surface area contributed by atoms with Gasteiger partial charge in [-0.05, 0) is 38.5 Å². The average molecular weight is 301 g/mol. The van der Waals surface area contributed by atoms with Gasteiger partial charge in [0.25, 0.3) is 11.5 Å². The maximum Gasteiger partial charge on any atom is 0.266 e. The van der Waals surface area contributed by atoms with E-state index in [-0.39, 0.29) is 17.5 Å². The van der Waals surface area contributed by atoms with Gasteiger partial charge in [-0.3, -0.25) is 14.0 Å². The van der Waals surface area contributed by atoms with E-state index < -0.39 is 0 Å². The zero-order valence-corrected chi connectivity index (χ0v) is 12.8. The summed E-state index contributed by atoms with van der Waals surface area (Å²) in [7, 11) is 0. The summed E-state index contributed by atoms with van der Waals surface area (Å²) in [6, 6.07) is 5.41. The summed E-state index contributed by atoms with van der Waals surface area (Å²) < 4.78 is 1.52. The molecule has 0 aliphatic heterocycles. The molecule has 0 fully saturated rings. The lowest BCUT2D eigenvalue weighted by molar-refractivity contribution is 0.0947. The fourth-order valence-corrected chi connectivity index (χ4v) is 3.13. The molecule has 0 saturated heterocycles. The van der Waals surface area contributed by atoms with Crippen LogP contribution in [0.1, 0.15) is 29.1 Å². The van der Waals surface area contributed by atoms with Crippen molar-refractivity contribution in [2.45, 2.75) is 26.8 Å². The van der Waals surface area contributed by atoms with Crippen LogP contribution in [0.4, 0.5) is 0 Å².